The van der Waals surface area contributed by atoms with Crippen LogP contribution in [0.4, 0.5) is 0 Å². The highest BCUT2D eigenvalue weighted by molar-refractivity contribution is 6.29. The Morgan fingerprint density at radius 1 is 1.39 bits per heavy atom. The number of hydrogen-bond donors (Lipinski definition) is 1. The summed E-state index contributed by atoms with van der Waals surface area (Å²) in [7, 11) is 0. The van der Waals surface area contributed by atoms with E-state index >= 15 is 0 Å². The standard InChI is InChI=1S/C15H13ClN6O/c16-13-9-21-12(1-4-18-21)14(20-13)10-7-19-22(8-10)15(2-3-17)5-11(23)6-15/h1,4,7-9,11,23H,2,5-6H2. The van der Waals surface area contributed by atoms with Crippen molar-refractivity contribution in [3.63, 3.8) is 0 Å². The van der Waals surface area contributed by atoms with E-state index in [-0.39, 0.29) is 6.10 Å². The van der Waals surface area contributed by atoms with Gasteiger partial charge in [0.05, 0.1) is 48.2 Å². The van der Waals surface area contributed by atoms with Crippen LogP contribution >= 0.6 is 11.6 Å². The summed E-state index contributed by atoms with van der Waals surface area (Å²) in [6.45, 7) is 0. The maximum absolute atomic E-state index is 9.65. The second kappa shape index (κ2) is 5.05. The number of nitriles is 1. The second-order valence-electron chi connectivity index (χ2n) is 5.87. The maximum Gasteiger partial charge on any atom is 0.148 e. The van der Waals surface area contributed by atoms with Crippen molar-refractivity contribution in [1.29, 1.82) is 5.26 Å². The van der Waals surface area contributed by atoms with Crippen LogP contribution in [0.1, 0.15) is 19.3 Å². The molecule has 0 unspecified atom stereocenters. The average Bonchev–Trinajstić information content (AvgIpc) is 3.13. The molecule has 23 heavy (non-hydrogen) atoms. The van der Waals surface area contributed by atoms with Crippen LogP contribution < -0.4 is 0 Å². The first kappa shape index (κ1) is 14.2. The maximum atomic E-state index is 9.65. The molecule has 4 rings (SSSR count). The molecule has 0 aliphatic heterocycles. The monoisotopic (exact) mass is 328 g/mol. The number of hydrogen-bond acceptors (Lipinski definition) is 5. The summed E-state index contributed by atoms with van der Waals surface area (Å²) in [5.74, 6) is 0. The molecule has 3 heterocycles. The fourth-order valence-corrected chi connectivity index (χ4v) is 3.37. The van der Waals surface area contributed by atoms with Crippen molar-refractivity contribution in [1.82, 2.24) is 24.4 Å². The van der Waals surface area contributed by atoms with E-state index in [1.54, 1.807) is 27.8 Å². The largest absolute Gasteiger partial charge is 0.393 e. The number of halogens is 1. The summed E-state index contributed by atoms with van der Waals surface area (Å²) in [5.41, 5.74) is 1.89. The van der Waals surface area contributed by atoms with Crippen LogP contribution in [-0.2, 0) is 5.54 Å². The van der Waals surface area contributed by atoms with Gasteiger partial charge in [0.15, 0.2) is 0 Å². The summed E-state index contributed by atoms with van der Waals surface area (Å²) < 4.78 is 3.44. The minimum atomic E-state index is -0.429. The normalized spacial score (nSPS) is 23.6. The van der Waals surface area contributed by atoms with Crippen molar-refractivity contribution in [3.8, 4) is 17.3 Å². The van der Waals surface area contributed by atoms with Crippen molar-refractivity contribution in [2.45, 2.75) is 30.9 Å². The van der Waals surface area contributed by atoms with E-state index in [2.05, 4.69) is 21.3 Å². The van der Waals surface area contributed by atoms with Crippen molar-refractivity contribution in [2.24, 2.45) is 0 Å². The molecule has 3 aromatic heterocycles. The van der Waals surface area contributed by atoms with Gasteiger partial charge in [-0.05, 0) is 18.9 Å². The van der Waals surface area contributed by atoms with Gasteiger partial charge in [-0.2, -0.15) is 15.5 Å². The summed E-state index contributed by atoms with van der Waals surface area (Å²) >= 11 is 6.06. The zero-order valence-electron chi connectivity index (χ0n) is 12.1. The van der Waals surface area contributed by atoms with Gasteiger partial charge < -0.3 is 5.11 Å². The molecule has 0 spiro atoms. The Bertz CT molecular complexity index is 918. The molecular formula is C15H13ClN6O. The molecule has 0 aromatic carbocycles. The summed E-state index contributed by atoms with van der Waals surface area (Å²) in [6.07, 6.45) is 7.90. The van der Waals surface area contributed by atoms with Crippen LogP contribution in [0, 0.1) is 11.3 Å². The van der Waals surface area contributed by atoms with Crippen molar-refractivity contribution in [3.05, 3.63) is 36.0 Å². The first-order valence-electron chi connectivity index (χ1n) is 7.22. The van der Waals surface area contributed by atoms with Crippen LogP contribution in [0.15, 0.2) is 30.9 Å². The Morgan fingerprint density at radius 3 is 2.96 bits per heavy atom. The molecule has 1 aliphatic rings. The lowest BCUT2D eigenvalue weighted by Crippen LogP contribution is -2.49. The van der Waals surface area contributed by atoms with E-state index in [0.717, 1.165) is 11.1 Å². The first-order chi connectivity index (χ1) is 11.1. The number of aliphatic hydroxyl groups excluding tert-OH is 1. The molecule has 0 saturated heterocycles. The van der Waals surface area contributed by atoms with Crippen LogP contribution in [0.3, 0.4) is 0 Å². The van der Waals surface area contributed by atoms with Gasteiger partial charge in [-0.15, -0.1) is 0 Å². The summed E-state index contributed by atoms with van der Waals surface area (Å²) in [6, 6.07) is 4.05. The summed E-state index contributed by atoms with van der Waals surface area (Å²) in [5, 5.41) is 27.6. The van der Waals surface area contributed by atoms with Crippen molar-refractivity contribution < 1.29 is 5.11 Å². The lowest BCUT2D eigenvalue weighted by molar-refractivity contribution is -0.0268. The molecular weight excluding hydrogens is 316 g/mol. The van der Waals surface area contributed by atoms with Gasteiger partial charge >= 0.3 is 0 Å². The van der Waals surface area contributed by atoms with E-state index < -0.39 is 5.54 Å². The lowest BCUT2D eigenvalue weighted by Gasteiger charge is -2.44. The molecule has 0 amide bonds. The fraction of sp³-hybridized carbons (Fsp3) is 0.333. The Balaban J connectivity index is 1.78. The third-order valence-corrected chi connectivity index (χ3v) is 4.52. The zero-order valence-corrected chi connectivity index (χ0v) is 12.8. The van der Waals surface area contributed by atoms with E-state index in [4.69, 9.17) is 16.9 Å². The molecule has 1 fully saturated rings. The van der Waals surface area contributed by atoms with Gasteiger partial charge in [0, 0.05) is 11.8 Å². The van der Waals surface area contributed by atoms with Crippen LogP contribution in [-0.4, -0.2) is 35.6 Å². The average molecular weight is 329 g/mol. The molecule has 0 atom stereocenters. The predicted molar refractivity (Wildman–Crippen MR) is 82.7 cm³/mol. The van der Waals surface area contributed by atoms with E-state index in [9.17, 15) is 5.11 Å². The van der Waals surface area contributed by atoms with Crippen LogP contribution in [0.5, 0.6) is 0 Å². The highest BCUT2D eigenvalue weighted by Gasteiger charge is 2.45. The minimum Gasteiger partial charge on any atom is -0.393 e. The van der Waals surface area contributed by atoms with Gasteiger partial charge in [-0.1, -0.05) is 11.6 Å². The number of rotatable bonds is 3. The van der Waals surface area contributed by atoms with Gasteiger partial charge in [-0.25, -0.2) is 9.50 Å². The fourth-order valence-electron chi connectivity index (χ4n) is 3.19. The van der Waals surface area contributed by atoms with Gasteiger partial charge in [0.2, 0.25) is 0 Å². The Morgan fingerprint density at radius 2 is 2.22 bits per heavy atom. The number of aliphatic hydroxyl groups is 1. The second-order valence-corrected chi connectivity index (χ2v) is 6.26. The molecule has 7 nitrogen and oxygen atoms in total. The molecule has 0 bridgehead atoms. The quantitative estimate of drug-likeness (QED) is 0.794. The number of fused-ring (bicyclic) bond motifs is 1. The van der Waals surface area contributed by atoms with Gasteiger partial charge in [-0.3, -0.25) is 4.68 Å². The third kappa shape index (κ3) is 2.19. The molecule has 8 heteroatoms. The highest BCUT2D eigenvalue weighted by Crippen LogP contribution is 2.42. The van der Waals surface area contributed by atoms with Crippen LogP contribution in [0.25, 0.3) is 16.8 Å². The van der Waals surface area contributed by atoms with Gasteiger partial charge in [0.1, 0.15) is 10.8 Å². The van der Waals surface area contributed by atoms with Crippen LogP contribution in [0.2, 0.25) is 5.15 Å². The Kier molecular flexibility index (Phi) is 3.11. The topological polar surface area (TPSA) is 92.0 Å². The van der Waals surface area contributed by atoms with Crippen molar-refractivity contribution in [2.75, 3.05) is 0 Å². The van der Waals surface area contributed by atoms with E-state index in [0.29, 0.717) is 30.1 Å². The highest BCUT2D eigenvalue weighted by atomic mass is 35.5. The summed E-state index contributed by atoms with van der Waals surface area (Å²) in [4.78, 5) is 4.38. The molecule has 0 radical (unpaired) electrons. The number of nitrogens with zero attached hydrogens (tertiary/aromatic N) is 6. The number of aromatic nitrogens is 5. The molecule has 1 aliphatic carbocycles. The Hall–Kier alpha value is -2.43. The van der Waals surface area contributed by atoms with E-state index in [1.165, 1.54) is 0 Å². The molecule has 1 saturated carbocycles. The van der Waals surface area contributed by atoms with Gasteiger partial charge in [0.25, 0.3) is 0 Å². The minimum absolute atomic E-state index is 0.316. The molecule has 3 aromatic rings. The lowest BCUT2D eigenvalue weighted by atomic mass is 9.72. The third-order valence-electron chi connectivity index (χ3n) is 4.34. The van der Waals surface area contributed by atoms with E-state index in [1.807, 2.05) is 12.3 Å². The zero-order chi connectivity index (χ0) is 16.0. The SMILES string of the molecule is N#CCC1(n2cc(-c3nc(Cl)cn4nccc34)cn2)CC(O)C1. The smallest absolute Gasteiger partial charge is 0.148 e. The molecule has 1 N–H and O–H groups in total. The Labute approximate surface area is 136 Å². The van der Waals surface area contributed by atoms with Crippen molar-refractivity contribution >= 4 is 17.1 Å². The molecule has 116 valence electrons. The predicted octanol–water partition coefficient (Wildman–Crippen LogP) is 2.01. The first-order valence-corrected chi connectivity index (χ1v) is 7.59.